The lowest BCUT2D eigenvalue weighted by atomic mass is 10.1. The van der Waals surface area contributed by atoms with Gasteiger partial charge in [0.1, 0.15) is 6.04 Å². The molecule has 0 heterocycles. The number of carbonyl (C=O) groups excluding carboxylic acids is 1. The van der Waals surface area contributed by atoms with Crippen molar-refractivity contribution in [2.45, 2.75) is 39.0 Å². The van der Waals surface area contributed by atoms with Crippen LogP contribution in [0.2, 0.25) is 5.02 Å². The fourth-order valence-electron chi connectivity index (χ4n) is 3.08. The van der Waals surface area contributed by atoms with E-state index in [1.807, 2.05) is 57.2 Å². The smallest absolute Gasteiger partial charge is 0.243 e. The molecular formula is C22H29ClN2O3S2. The molecule has 0 aliphatic rings. The number of halogens is 1. The van der Waals surface area contributed by atoms with Crippen LogP contribution in [0.1, 0.15) is 30.0 Å². The first kappa shape index (κ1) is 24.6. The summed E-state index contributed by atoms with van der Waals surface area (Å²) < 4.78 is 26.3. The van der Waals surface area contributed by atoms with Gasteiger partial charge in [-0.3, -0.25) is 9.10 Å². The van der Waals surface area contributed by atoms with Crippen molar-refractivity contribution in [3.8, 4) is 0 Å². The van der Waals surface area contributed by atoms with Crippen LogP contribution in [0.25, 0.3) is 0 Å². The Balaban J connectivity index is 2.01. The first-order valence-corrected chi connectivity index (χ1v) is 13.2. The normalized spacial score (nSPS) is 12.4. The van der Waals surface area contributed by atoms with Crippen LogP contribution >= 0.6 is 23.4 Å². The number of aryl methyl sites for hydroxylation is 2. The zero-order valence-electron chi connectivity index (χ0n) is 17.8. The first-order valence-electron chi connectivity index (χ1n) is 9.80. The van der Waals surface area contributed by atoms with Gasteiger partial charge in [0.25, 0.3) is 0 Å². The quantitative estimate of drug-likeness (QED) is 0.519. The van der Waals surface area contributed by atoms with E-state index in [0.29, 0.717) is 24.4 Å². The maximum absolute atomic E-state index is 12.8. The molecule has 2 aromatic rings. The first-order chi connectivity index (χ1) is 14.1. The van der Waals surface area contributed by atoms with Crippen LogP contribution in [0, 0.1) is 13.8 Å². The van der Waals surface area contributed by atoms with E-state index >= 15 is 0 Å². The number of nitrogens with one attached hydrogen (secondary N) is 1. The van der Waals surface area contributed by atoms with Crippen LogP contribution in [-0.4, -0.2) is 38.9 Å². The van der Waals surface area contributed by atoms with Crippen LogP contribution < -0.4 is 9.62 Å². The highest BCUT2D eigenvalue weighted by molar-refractivity contribution is 7.98. The molecule has 0 aliphatic heterocycles. The Morgan fingerprint density at radius 1 is 1.17 bits per heavy atom. The molecule has 164 valence electrons. The summed E-state index contributed by atoms with van der Waals surface area (Å²) >= 11 is 7.82. The molecule has 0 bridgehead atoms. The molecule has 0 unspecified atom stereocenters. The molecule has 0 aliphatic carbocycles. The van der Waals surface area contributed by atoms with Crippen molar-refractivity contribution in [1.29, 1.82) is 0 Å². The second kappa shape index (κ2) is 11.1. The fourth-order valence-corrected chi connectivity index (χ4v) is 5.43. The molecule has 2 aromatic carbocycles. The molecule has 1 N–H and O–H groups in total. The predicted octanol–water partition coefficient (Wildman–Crippen LogP) is 4.55. The summed E-state index contributed by atoms with van der Waals surface area (Å²) in [4.78, 5) is 12.8. The Bertz CT molecular complexity index is 980. The third-order valence-electron chi connectivity index (χ3n) is 4.84. The molecule has 1 atom stereocenters. The van der Waals surface area contributed by atoms with Crippen molar-refractivity contribution in [3.05, 3.63) is 64.2 Å². The minimum atomic E-state index is -3.63. The number of thioether (sulfide) groups is 1. The van der Waals surface area contributed by atoms with Gasteiger partial charge in [0.15, 0.2) is 0 Å². The average Bonchev–Trinajstić information content (AvgIpc) is 2.68. The Morgan fingerprint density at radius 3 is 2.47 bits per heavy atom. The molecule has 1 amide bonds. The summed E-state index contributed by atoms with van der Waals surface area (Å²) in [5.74, 6) is 1.17. The number of hydrogen-bond donors (Lipinski definition) is 1. The van der Waals surface area contributed by atoms with Gasteiger partial charge in [0, 0.05) is 23.1 Å². The molecule has 0 aromatic heterocycles. The van der Waals surface area contributed by atoms with E-state index in [2.05, 4.69) is 5.32 Å². The number of anilines is 1. The number of benzene rings is 2. The highest BCUT2D eigenvalue weighted by atomic mass is 35.5. The zero-order valence-corrected chi connectivity index (χ0v) is 20.2. The molecule has 5 nitrogen and oxygen atoms in total. The van der Waals surface area contributed by atoms with Crippen molar-refractivity contribution < 1.29 is 13.2 Å². The van der Waals surface area contributed by atoms with Gasteiger partial charge in [-0.2, -0.15) is 11.8 Å². The van der Waals surface area contributed by atoms with E-state index in [9.17, 15) is 13.2 Å². The monoisotopic (exact) mass is 468 g/mol. The lowest BCUT2D eigenvalue weighted by Crippen LogP contribution is -2.49. The van der Waals surface area contributed by atoms with E-state index < -0.39 is 16.1 Å². The third-order valence-corrected chi connectivity index (χ3v) is 7.39. The van der Waals surface area contributed by atoms with Crippen molar-refractivity contribution in [1.82, 2.24) is 5.32 Å². The van der Waals surface area contributed by atoms with Gasteiger partial charge in [0.2, 0.25) is 15.9 Å². The topological polar surface area (TPSA) is 66.5 Å². The van der Waals surface area contributed by atoms with Crippen LogP contribution in [-0.2, 0) is 20.6 Å². The van der Waals surface area contributed by atoms with Crippen LogP contribution in [0.3, 0.4) is 0 Å². The Labute approximate surface area is 189 Å². The van der Waals surface area contributed by atoms with Crippen molar-refractivity contribution in [3.63, 3.8) is 0 Å². The molecule has 0 radical (unpaired) electrons. The summed E-state index contributed by atoms with van der Waals surface area (Å²) in [6.45, 7) is 6.16. The summed E-state index contributed by atoms with van der Waals surface area (Å²) in [6, 6.07) is 12.3. The maximum Gasteiger partial charge on any atom is 0.243 e. The Morgan fingerprint density at radius 2 is 1.87 bits per heavy atom. The SMILES string of the molecule is CC[C@@H](C(=O)NCCSCc1ccccc1Cl)N(c1ccc(C)c(C)c1)S(C)(=O)=O. The fraction of sp³-hybridized carbons (Fsp3) is 0.409. The van der Waals surface area contributed by atoms with Gasteiger partial charge in [0.05, 0.1) is 11.9 Å². The van der Waals surface area contributed by atoms with Gasteiger partial charge in [-0.1, -0.05) is 42.8 Å². The Hall–Kier alpha value is -1.70. The number of sulfonamides is 1. The number of carbonyl (C=O) groups is 1. The van der Waals surface area contributed by atoms with E-state index in [1.165, 1.54) is 4.31 Å². The summed E-state index contributed by atoms with van der Waals surface area (Å²) in [6.07, 6.45) is 1.51. The number of amides is 1. The lowest BCUT2D eigenvalue weighted by Gasteiger charge is -2.30. The molecule has 0 fully saturated rings. The Kier molecular flexibility index (Phi) is 9.07. The predicted molar refractivity (Wildman–Crippen MR) is 128 cm³/mol. The largest absolute Gasteiger partial charge is 0.353 e. The number of nitrogens with zero attached hydrogens (tertiary/aromatic N) is 1. The van der Waals surface area contributed by atoms with Crippen molar-refractivity contribution in [2.24, 2.45) is 0 Å². The minimum Gasteiger partial charge on any atom is -0.353 e. The lowest BCUT2D eigenvalue weighted by molar-refractivity contribution is -0.122. The van der Waals surface area contributed by atoms with Gasteiger partial charge in [-0.05, 0) is 55.2 Å². The van der Waals surface area contributed by atoms with Crippen molar-refractivity contribution >= 4 is 45.0 Å². The molecule has 0 saturated heterocycles. The molecule has 8 heteroatoms. The molecule has 30 heavy (non-hydrogen) atoms. The van der Waals surface area contributed by atoms with Crippen LogP contribution in [0.4, 0.5) is 5.69 Å². The highest BCUT2D eigenvalue weighted by Gasteiger charge is 2.31. The number of rotatable bonds is 10. The molecular weight excluding hydrogens is 440 g/mol. The third kappa shape index (κ3) is 6.65. The van der Waals surface area contributed by atoms with Gasteiger partial charge < -0.3 is 5.32 Å². The zero-order chi connectivity index (χ0) is 22.3. The van der Waals surface area contributed by atoms with Gasteiger partial charge in [-0.15, -0.1) is 0 Å². The van der Waals surface area contributed by atoms with Crippen LogP contribution in [0.5, 0.6) is 0 Å². The summed E-state index contributed by atoms with van der Waals surface area (Å²) in [5, 5.41) is 3.62. The summed E-state index contributed by atoms with van der Waals surface area (Å²) in [7, 11) is -3.63. The summed E-state index contributed by atoms with van der Waals surface area (Å²) in [5.41, 5.74) is 3.61. The average molecular weight is 469 g/mol. The molecule has 2 rings (SSSR count). The molecule has 0 saturated carbocycles. The number of hydrogen-bond acceptors (Lipinski definition) is 4. The van der Waals surface area contributed by atoms with Crippen LogP contribution in [0.15, 0.2) is 42.5 Å². The van der Waals surface area contributed by atoms with Gasteiger partial charge in [-0.25, -0.2) is 8.42 Å². The second-order valence-electron chi connectivity index (χ2n) is 7.19. The van der Waals surface area contributed by atoms with E-state index in [0.717, 1.165) is 33.7 Å². The van der Waals surface area contributed by atoms with Crippen molar-refractivity contribution in [2.75, 3.05) is 22.9 Å². The second-order valence-corrected chi connectivity index (χ2v) is 10.6. The van der Waals surface area contributed by atoms with E-state index in [-0.39, 0.29) is 5.91 Å². The van der Waals surface area contributed by atoms with E-state index in [1.54, 1.807) is 17.8 Å². The molecule has 0 spiro atoms. The van der Waals surface area contributed by atoms with Gasteiger partial charge >= 0.3 is 0 Å². The standard InChI is InChI=1S/C22H29ClN2O3S2/c1-5-21(25(30(4,27)28)19-11-10-16(2)17(3)14-19)22(26)24-12-13-29-15-18-8-6-7-9-20(18)23/h6-11,14,21H,5,12-13,15H2,1-4H3,(H,24,26)/t21-/m0/s1. The minimum absolute atomic E-state index is 0.292. The van der Waals surface area contributed by atoms with E-state index in [4.69, 9.17) is 11.6 Å². The highest BCUT2D eigenvalue weighted by Crippen LogP contribution is 2.25. The maximum atomic E-state index is 12.8.